The summed E-state index contributed by atoms with van der Waals surface area (Å²) in [7, 11) is 0. The quantitative estimate of drug-likeness (QED) is 0.883. The van der Waals surface area contributed by atoms with Crippen molar-refractivity contribution in [2.75, 3.05) is 0 Å². The Morgan fingerprint density at radius 1 is 1.12 bits per heavy atom. The molecule has 1 unspecified atom stereocenters. The lowest BCUT2D eigenvalue weighted by molar-refractivity contribution is 0.778. The Labute approximate surface area is 102 Å². The van der Waals surface area contributed by atoms with E-state index >= 15 is 0 Å². The van der Waals surface area contributed by atoms with Crippen LogP contribution in [-0.2, 0) is 0 Å². The zero-order valence-corrected chi connectivity index (χ0v) is 9.52. The van der Waals surface area contributed by atoms with Gasteiger partial charge in [0.1, 0.15) is 10.8 Å². The molecule has 1 atom stereocenters. The van der Waals surface area contributed by atoms with E-state index in [1.165, 1.54) is 6.20 Å². The van der Waals surface area contributed by atoms with Crippen LogP contribution >= 0.6 is 23.2 Å². The first kappa shape index (κ1) is 11.2. The molecule has 5 nitrogen and oxygen atoms in total. The molecular weight excluding hydrogens is 249 g/mol. The fourth-order valence-electron chi connectivity index (χ4n) is 1.18. The fourth-order valence-corrected chi connectivity index (χ4v) is 1.52. The molecule has 0 aliphatic heterocycles. The van der Waals surface area contributed by atoms with Crippen LogP contribution in [0.2, 0.25) is 10.3 Å². The fraction of sp³-hybridized carbons (Fsp3) is 0.111. The van der Waals surface area contributed by atoms with E-state index in [9.17, 15) is 0 Å². The van der Waals surface area contributed by atoms with Crippen molar-refractivity contribution in [2.45, 2.75) is 6.04 Å². The van der Waals surface area contributed by atoms with Gasteiger partial charge >= 0.3 is 0 Å². The van der Waals surface area contributed by atoms with Gasteiger partial charge in [0.05, 0.1) is 24.1 Å². The molecule has 0 spiro atoms. The number of rotatable bonds is 2. The second-order valence-electron chi connectivity index (χ2n) is 2.98. The van der Waals surface area contributed by atoms with Gasteiger partial charge < -0.3 is 5.73 Å². The van der Waals surface area contributed by atoms with Crippen LogP contribution in [0.3, 0.4) is 0 Å². The van der Waals surface area contributed by atoms with Crippen molar-refractivity contribution in [1.29, 1.82) is 0 Å². The maximum Gasteiger partial charge on any atom is 0.152 e. The Morgan fingerprint density at radius 3 is 2.62 bits per heavy atom. The van der Waals surface area contributed by atoms with Gasteiger partial charge in [-0.3, -0.25) is 9.97 Å². The molecule has 0 aliphatic rings. The Morgan fingerprint density at radius 2 is 1.94 bits per heavy atom. The molecule has 0 fully saturated rings. The first-order valence-corrected chi connectivity index (χ1v) is 5.13. The highest BCUT2D eigenvalue weighted by atomic mass is 35.5. The van der Waals surface area contributed by atoms with Crippen molar-refractivity contribution in [2.24, 2.45) is 5.73 Å². The Kier molecular flexibility index (Phi) is 3.28. The number of aromatic nitrogens is 4. The Hall–Kier alpha value is -1.30. The molecule has 2 rings (SSSR count). The number of halogens is 2. The lowest BCUT2D eigenvalue weighted by Gasteiger charge is -2.10. The molecule has 16 heavy (non-hydrogen) atoms. The molecule has 0 aromatic carbocycles. The topological polar surface area (TPSA) is 77.6 Å². The van der Waals surface area contributed by atoms with Crippen LogP contribution in [0.1, 0.15) is 17.4 Å². The summed E-state index contributed by atoms with van der Waals surface area (Å²) >= 11 is 11.6. The summed E-state index contributed by atoms with van der Waals surface area (Å²) in [6.07, 6.45) is 6.00. The minimum Gasteiger partial charge on any atom is -0.318 e. The average Bonchev–Trinajstić information content (AvgIpc) is 2.32. The lowest BCUT2D eigenvalue weighted by atomic mass is 10.2. The molecular formula is C9H7Cl2N5. The predicted molar refractivity (Wildman–Crippen MR) is 60.1 cm³/mol. The summed E-state index contributed by atoms with van der Waals surface area (Å²) in [5.74, 6) is 0. The van der Waals surface area contributed by atoms with Crippen LogP contribution in [0.5, 0.6) is 0 Å². The molecule has 0 saturated heterocycles. The zero-order valence-electron chi connectivity index (χ0n) is 8.01. The second-order valence-corrected chi connectivity index (χ2v) is 3.72. The molecule has 0 radical (unpaired) electrons. The van der Waals surface area contributed by atoms with Crippen LogP contribution in [0.15, 0.2) is 24.8 Å². The monoisotopic (exact) mass is 255 g/mol. The second kappa shape index (κ2) is 4.69. The summed E-state index contributed by atoms with van der Waals surface area (Å²) in [5, 5.41) is 0.446. The van der Waals surface area contributed by atoms with Gasteiger partial charge in [0.15, 0.2) is 5.15 Å². The molecule has 0 amide bonds. The van der Waals surface area contributed by atoms with Gasteiger partial charge in [-0.1, -0.05) is 23.2 Å². The van der Waals surface area contributed by atoms with Crippen molar-refractivity contribution < 1.29 is 0 Å². The third kappa shape index (κ3) is 2.27. The van der Waals surface area contributed by atoms with Gasteiger partial charge in [-0.2, -0.15) is 0 Å². The van der Waals surface area contributed by atoms with E-state index in [0.717, 1.165) is 0 Å². The molecule has 2 heterocycles. The summed E-state index contributed by atoms with van der Waals surface area (Å²) in [5.41, 5.74) is 6.88. The highest BCUT2D eigenvalue weighted by molar-refractivity contribution is 6.31. The highest BCUT2D eigenvalue weighted by Gasteiger charge is 2.17. The number of hydrogen-bond donors (Lipinski definition) is 1. The molecule has 0 saturated carbocycles. The Bertz CT molecular complexity index is 491. The van der Waals surface area contributed by atoms with Crippen molar-refractivity contribution in [1.82, 2.24) is 19.9 Å². The summed E-state index contributed by atoms with van der Waals surface area (Å²) in [6.45, 7) is 0. The average molecular weight is 256 g/mol. The summed E-state index contributed by atoms with van der Waals surface area (Å²) < 4.78 is 0. The summed E-state index contributed by atoms with van der Waals surface area (Å²) in [6, 6.07) is -0.590. The van der Waals surface area contributed by atoms with Gasteiger partial charge in [0.2, 0.25) is 0 Å². The lowest BCUT2D eigenvalue weighted by Crippen LogP contribution is -2.16. The van der Waals surface area contributed by atoms with Gasteiger partial charge in [-0.25, -0.2) is 9.97 Å². The first-order chi connectivity index (χ1) is 7.68. The van der Waals surface area contributed by atoms with Gasteiger partial charge in [0.25, 0.3) is 0 Å². The molecule has 2 N–H and O–H groups in total. The van der Waals surface area contributed by atoms with E-state index in [-0.39, 0.29) is 10.3 Å². The van der Waals surface area contributed by atoms with E-state index in [1.807, 2.05) is 0 Å². The normalized spacial score (nSPS) is 12.4. The van der Waals surface area contributed by atoms with Crippen LogP contribution in [0.4, 0.5) is 0 Å². The molecule has 7 heteroatoms. The minimum absolute atomic E-state index is 0.211. The number of nitrogens with zero attached hydrogens (tertiary/aromatic N) is 4. The standard InChI is InChI=1S/C9H7Cl2N5/c10-6-4-15-9(11)8(16-6)7(12)5-3-13-1-2-14-5/h1-4,7H,12H2. The smallest absolute Gasteiger partial charge is 0.152 e. The van der Waals surface area contributed by atoms with Crippen LogP contribution in [-0.4, -0.2) is 19.9 Å². The third-order valence-corrected chi connectivity index (χ3v) is 2.39. The van der Waals surface area contributed by atoms with Gasteiger partial charge in [0, 0.05) is 12.4 Å². The van der Waals surface area contributed by atoms with Crippen LogP contribution < -0.4 is 5.73 Å². The highest BCUT2D eigenvalue weighted by Crippen LogP contribution is 2.22. The van der Waals surface area contributed by atoms with Gasteiger partial charge in [-0.15, -0.1) is 0 Å². The minimum atomic E-state index is -0.590. The van der Waals surface area contributed by atoms with Gasteiger partial charge in [-0.05, 0) is 0 Å². The first-order valence-electron chi connectivity index (χ1n) is 4.38. The molecule has 82 valence electrons. The van der Waals surface area contributed by atoms with Crippen LogP contribution in [0, 0.1) is 0 Å². The maximum atomic E-state index is 5.94. The van der Waals surface area contributed by atoms with E-state index in [1.54, 1.807) is 18.6 Å². The largest absolute Gasteiger partial charge is 0.318 e. The third-order valence-electron chi connectivity index (χ3n) is 1.92. The summed E-state index contributed by atoms with van der Waals surface area (Å²) in [4.78, 5) is 15.9. The number of hydrogen-bond acceptors (Lipinski definition) is 5. The molecule has 0 aliphatic carbocycles. The predicted octanol–water partition coefficient (Wildman–Crippen LogP) is 1.62. The van der Waals surface area contributed by atoms with Crippen molar-refractivity contribution >= 4 is 23.2 Å². The van der Waals surface area contributed by atoms with Crippen molar-refractivity contribution in [3.63, 3.8) is 0 Å². The maximum absolute atomic E-state index is 5.94. The Balaban J connectivity index is 2.41. The molecule has 2 aromatic heterocycles. The molecule has 2 aromatic rings. The number of nitrogens with two attached hydrogens (primary N) is 1. The van der Waals surface area contributed by atoms with Crippen molar-refractivity contribution in [3.05, 3.63) is 46.5 Å². The van der Waals surface area contributed by atoms with E-state index in [2.05, 4.69) is 19.9 Å². The van der Waals surface area contributed by atoms with E-state index < -0.39 is 6.04 Å². The SMILES string of the molecule is NC(c1cnccn1)c1nc(Cl)cnc1Cl. The van der Waals surface area contributed by atoms with Crippen molar-refractivity contribution in [3.8, 4) is 0 Å². The van der Waals surface area contributed by atoms with Crippen LogP contribution in [0.25, 0.3) is 0 Å². The molecule has 0 bridgehead atoms. The van der Waals surface area contributed by atoms with E-state index in [4.69, 9.17) is 28.9 Å². The van der Waals surface area contributed by atoms with E-state index in [0.29, 0.717) is 11.4 Å². The zero-order chi connectivity index (χ0) is 11.5.